The lowest BCUT2D eigenvalue weighted by Gasteiger charge is -2.20. The van der Waals surface area contributed by atoms with Crippen LogP contribution in [0.2, 0.25) is 0 Å². The van der Waals surface area contributed by atoms with Gasteiger partial charge in [-0.3, -0.25) is 0 Å². The summed E-state index contributed by atoms with van der Waals surface area (Å²) in [5.74, 6) is -9.65. The monoisotopic (exact) mass is 722 g/mol. The number of benzene rings is 4. The summed E-state index contributed by atoms with van der Waals surface area (Å²) in [6.07, 6.45) is -2.80. The van der Waals surface area contributed by atoms with E-state index in [1.54, 1.807) is 12.4 Å². The van der Waals surface area contributed by atoms with Gasteiger partial charge in [0.15, 0.2) is 5.82 Å². The van der Waals surface area contributed by atoms with Crippen LogP contribution in [0, 0.1) is 34.9 Å². The smallest absolute Gasteiger partial charge is 0.429 e. The highest BCUT2D eigenvalue weighted by Gasteiger charge is 2.41. The maximum absolute atomic E-state index is 15.1. The van der Waals surface area contributed by atoms with Crippen LogP contribution in [0.3, 0.4) is 0 Å². The number of allylic oxidation sites excluding steroid dienone is 1. The third-order valence-corrected chi connectivity index (χ3v) is 7.66. The highest BCUT2D eigenvalue weighted by molar-refractivity contribution is 5.70. The van der Waals surface area contributed by atoms with Crippen molar-refractivity contribution in [1.29, 1.82) is 0 Å². The summed E-state index contributed by atoms with van der Waals surface area (Å²) in [5, 5.41) is 0. The molecule has 5 aromatic rings. The summed E-state index contributed by atoms with van der Waals surface area (Å²) in [4.78, 5) is 8.48. The number of aryl methyl sites for hydroxylation is 1. The van der Waals surface area contributed by atoms with Crippen LogP contribution in [0.25, 0.3) is 39.7 Å². The highest BCUT2D eigenvalue weighted by atomic mass is 19.4. The minimum Gasteiger partial charge on any atom is -0.429 e. The predicted molar refractivity (Wildman–Crippen MR) is 167 cm³/mol. The van der Waals surface area contributed by atoms with Crippen LogP contribution in [0.4, 0.5) is 48.3 Å². The lowest BCUT2D eigenvalue weighted by molar-refractivity contribution is -0.189. The molecule has 0 aliphatic carbocycles. The third kappa shape index (κ3) is 8.73. The molecule has 0 spiro atoms. The Morgan fingerprint density at radius 1 is 0.627 bits per heavy atom. The lowest BCUT2D eigenvalue weighted by Crippen LogP contribution is -2.25. The van der Waals surface area contributed by atoms with Gasteiger partial charge in [-0.1, -0.05) is 31.9 Å². The Balaban J connectivity index is 1.35. The number of unbranched alkanes of at least 4 members (excludes halogenated alkanes) is 2. The minimum absolute atomic E-state index is 0.145. The van der Waals surface area contributed by atoms with Crippen molar-refractivity contribution in [3.63, 3.8) is 0 Å². The molecule has 0 aliphatic rings. The molecule has 51 heavy (non-hydrogen) atoms. The van der Waals surface area contributed by atoms with Crippen molar-refractivity contribution in [2.45, 2.75) is 44.9 Å². The normalized spacial score (nSPS) is 12.2. The summed E-state index contributed by atoms with van der Waals surface area (Å²) in [5.41, 5.74) is -3.56. The lowest BCUT2D eigenvalue weighted by atomic mass is 10.00. The van der Waals surface area contributed by atoms with E-state index in [2.05, 4.69) is 21.6 Å². The molecule has 0 unspecified atom stereocenters. The van der Waals surface area contributed by atoms with Gasteiger partial charge in [-0.15, -0.1) is 0 Å². The van der Waals surface area contributed by atoms with Gasteiger partial charge in [0.25, 0.3) is 0 Å². The first-order chi connectivity index (χ1) is 24.1. The summed E-state index contributed by atoms with van der Waals surface area (Å²) < 4.78 is 161. The van der Waals surface area contributed by atoms with E-state index < -0.39 is 86.8 Å². The second-order valence-corrected chi connectivity index (χ2v) is 11.4. The molecule has 0 fully saturated rings. The van der Waals surface area contributed by atoms with Gasteiger partial charge in [-0.25, -0.2) is 36.3 Å². The van der Waals surface area contributed by atoms with Gasteiger partial charge in [0.05, 0.1) is 0 Å². The Kier molecular flexibility index (Phi) is 10.8. The molecule has 1 aromatic heterocycles. The van der Waals surface area contributed by atoms with Crippen molar-refractivity contribution in [3.05, 3.63) is 131 Å². The third-order valence-electron chi connectivity index (χ3n) is 7.66. The summed E-state index contributed by atoms with van der Waals surface area (Å²) in [7, 11) is 0. The van der Waals surface area contributed by atoms with Crippen LogP contribution in [-0.2, 0) is 12.5 Å². The molecule has 0 saturated carbocycles. The zero-order chi connectivity index (χ0) is 37.1. The SMILES string of the molecule is CCCCCc1cnc(-c2ccc(-c3cc(F)c(C(F)(F)Oc4ccc(-c5cc(F)c(C=CC(F)(F)F)c(F)c5)c(F)c4)c(F)c3)c(F)c2)nc1. The maximum atomic E-state index is 15.1. The Morgan fingerprint density at radius 3 is 1.69 bits per heavy atom. The molecule has 4 aromatic carbocycles. The van der Waals surface area contributed by atoms with E-state index in [0.29, 0.717) is 36.4 Å². The highest BCUT2D eigenvalue weighted by Crippen LogP contribution is 2.39. The van der Waals surface area contributed by atoms with Crippen LogP contribution >= 0.6 is 0 Å². The Labute approximate surface area is 284 Å². The first-order valence-electron chi connectivity index (χ1n) is 15.3. The molecule has 0 amide bonds. The van der Waals surface area contributed by atoms with Gasteiger partial charge in [0, 0.05) is 46.8 Å². The van der Waals surface area contributed by atoms with E-state index in [1.807, 2.05) is 0 Å². The Hall–Kier alpha value is -5.27. The quantitative estimate of drug-likeness (QED) is 0.101. The molecule has 0 radical (unpaired) electrons. The number of hydrogen-bond acceptors (Lipinski definition) is 3. The average molecular weight is 723 g/mol. The van der Waals surface area contributed by atoms with Crippen molar-refractivity contribution in [1.82, 2.24) is 9.97 Å². The molecule has 3 nitrogen and oxygen atoms in total. The van der Waals surface area contributed by atoms with Crippen molar-refractivity contribution in [2.75, 3.05) is 0 Å². The second kappa shape index (κ2) is 14.9. The topological polar surface area (TPSA) is 35.0 Å². The fourth-order valence-corrected chi connectivity index (χ4v) is 5.18. The van der Waals surface area contributed by atoms with Crippen molar-refractivity contribution < 1.29 is 53.0 Å². The molecule has 0 saturated heterocycles. The van der Waals surface area contributed by atoms with E-state index in [-0.39, 0.29) is 23.0 Å². The first kappa shape index (κ1) is 37.0. The van der Waals surface area contributed by atoms with Crippen molar-refractivity contribution >= 4 is 6.08 Å². The molecular formula is C37H25F11N2O. The summed E-state index contributed by atoms with van der Waals surface area (Å²) >= 11 is 0. The van der Waals surface area contributed by atoms with Crippen LogP contribution in [0.1, 0.15) is 42.9 Å². The number of hydrogen-bond donors (Lipinski definition) is 0. The van der Waals surface area contributed by atoms with E-state index in [4.69, 9.17) is 0 Å². The molecule has 0 aliphatic heterocycles. The van der Waals surface area contributed by atoms with Gasteiger partial charge in [-0.2, -0.15) is 22.0 Å². The predicted octanol–water partition coefficient (Wildman–Crippen LogP) is 11.7. The number of aromatic nitrogens is 2. The molecule has 1 heterocycles. The van der Waals surface area contributed by atoms with Gasteiger partial charge >= 0.3 is 12.3 Å². The molecule has 0 atom stereocenters. The Bertz CT molecular complexity index is 2030. The molecule has 0 bridgehead atoms. The van der Waals surface area contributed by atoms with Gasteiger partial charge < -0.3 is 4.74 Å². The number of rotatable bonds is 11. The molecule has 5 rings (SSSR count). The maximum Gasteiger partial charge on any atom is 0.432 e. The summed E-state index contributed by atoms with van der Waals surface area (Å²) in [6, 6.07) is 7.41. The number of ether oxygens (including phenoxy) is 1. The number of alkyl halides is 5. The molecule has 266 valence electrons. The van der Waals surface area contributed by atoms with Crippen LogP contribution in [0.5, 0.6) is 5.75 Å². The zero-order valence-electron chi connectivity index (χ0n) is 26.4. The van der Waals surface area contributed by atoms with Gasteiger partial charge in [0.2, 0.25) is 0 Å². The van der Waals surface area contributed by atoms with Gasteiger partial charge in [0.1, 0.15) is 46.2 Å². The van der Waals surface area contributed by atoms with Crippen LogP contribution in [-0.4, -0.2) is 16.1 Å². The van der Waals surface area contributed by atoms with E-state index in [0.717, 1.165) is 43.4 Å². The van der Waals surface area contributed by atoms with Crippen LogP contribution < -0.4 is 4.74 Å². The van der Waals surface area contributed by atoms with Crippen molar-refractivity contribution in [2.24, 2.45) is 0 Å². The standard InChI is InChI=1S/C37H25F11N2O/c1-2-3-4-5-20-18-49-35(50-19-20)21-6-8-25(28(38)12-21)23-15-32(42)34(33(43)16-23)37(47,48)51-24-7-9-26(31(41)17-24)22-13-29(39)27(30(40)14-22)10-11-36(44,45)46/h6-19H,2-5H2,1H3. The van der Waals surface area contributed by atoms with Gasteiger partial charge in [-0.05, 0) is 78.1 Å². The molecule has 0 N–H and O–H groups in total. The first-order valence-corrected chi connectivity index (χ1v) is 15.3. The molecule has 14 heteroatoms. The largest absolute Gasteiger partial charge is 0.432 e. The van der Waals surface area contributed by atoms with Crippen LogP contribution in [0.15, 0.2) is 79.1 Å². The number of nitrogens with zero attached hydrogens (tertiary/aromatic N) is 2. The van der Waals surface area contributed by atoms with Crippen molar-refractivity contribution in [3.8, 4) is 39.4 Å². The van der Waals surface area contributed by atoms with E-state index in [1.165, 1.54) is 12.1 Å². The van der Waals surface area contributed by atoms with E-state index >= 15 is 22.0 Å². The second-order valence-electron chi connectivity index (χ2n) is 11.4. The molecular weight excluding hydrogens is 697 g/mol. The fraction of sp³-hybridized carbons (Fsp3) is 0.189. The zero-order valence-corrected chi connectivity index (χ0v) is 26.4. The average Bonchev–Trinajstić information content (AvgIpc) is 3.03. The summed E-state index contributed by atoms with van der Waals surface area (Å²) in [6.45, 7) is 2.07. The minimum atomic E-state index is -4.86. The fourth-order valence-electron chi connectivity index (χ4n) is 5.18. The van der Waals surface area contributed by atoms with E-state index in [9.17, 15) is 26.3 Å². The Morgan fingerprint density at radius 2 is 1.16 bits per heavy atom. The number of halogens is 11.